The van der Waals surface area contributed by atoms with Crippen LogP contribution >= 0.6 is 0 Å². The maximum absolute atomic E-state index is 13.9. The average Bonchev–Trinajstić information content (AvgIpc) is 3.25. The van der Waals surface area contributed by atoms with Crippen LogP contribution in [0.4, 0.5) is 4.79 Å². The number of fused-ring (bicyclic) bond motifs is 5. The van der Waals surface area contributed by atoms with Crippen LogP contribution in [0.1, 0.15) is 44.9 Å². The normalized spacial score (nSPS) is 21.1. The first kappa shape index (κ1) is 24.2. The summed E-state index contributed by atoms with van der Waals surface area (Å²) in [6, 6.07) is 4.23. The molecule has 0 radical (unpaired) electrons. The number of nitrogens with one attached hydrogen (secondary N) is 2. The van der Waals surface area contributed by atoms with E-state index in [9.17, 15) is 29.1 Å². The number of primary amides is 1. The monoisotopic (exact) mass is 483 g/mol. The molecule has 2 aliphatic heterocycles. The van der Waals surface area contributed by atoms with Crippen LogP contribution in [0.5, 0.6) is 0 Å². The number of urea groups is 1. The molecular weight excluding hydrogens is 454 g/mol. The molecule has 0 aliphatic carbocycles. The molecule has 5 N–H and O–H groups in total. The van der Waals surface area contributed by atoms with Crippen molar-refractivity contribution in [3.05, 3.63) is 35.5 Å². The Morgan fingerprint density at radius 3 is 2.54 bits per heavy atom. The number of carboxylic acid groups (broad SMARTS) is 1. The fourth-order valence-electron chi connectivity index (χ4n) is 5.14. The highest BCUT2D eigenvalue weighted by Crippen LogP contribution is 2.44. The molecule has 1 saturated heterocycles. The Kier molecular flexibility index (Phi) is 6.04. The zero-order valence-electron chi connectivity index (χ0n) is 19.8. The van der Waals surface area contributed by atoms with Gasteiger partial charge in [0.05, 0.1) is 12.1 Å². The molecule has 3 heterocycles. The van der Waals surface area contributed by atoms with Crippen molar-refractivity contribution in [1.29, 1.82) is 0 Å². The van der Waals surface area contributed by atoms with Gasteiger partial charge in [-0.25, -0.2) is 14.5 Å². The number of hydrogen-bond donors (Lipinski definition) is 4. The molecule has 1 aromatic heterocycles. The second-order valence-electron chi connectivity index (χ2n) is 9.67. The van der Waals surface area contributed by atoms with Gasteiger partial charge in [0, 0.05) is 17.4 Å². The summed E-state index contributed by atoms with van der Waals surface area (Å²) >= 11 is 0. The second kappa shape index (κ2) is 8.71. The smallest absolute Gasteiger partial charge is 0.328 e. The lowest BCUT2D eigenvalue weighted by molar-refractivity contribution is -0.145. The molecule has 4 rings (SSSR count). The molecule has 1 fully saturated rings. The molecule has 35 heavy (non-hydrogen) atoms. The Morgan fingerprint density at radius 2 is 1.91 bits per heavy atom. The van der Waals surface area contributed by atoms with E-state index in [1.807, 2.05) is 38.1 Å². The Morgan fingerprint density at radius 1 is 1.23 bits per heavy atom. The van der Waals surface area contributed by atoms with Gasteiger partial charge < -0.3 is 26.0 Å². The summed E-state index contributed by atoms with van der Waals surface area (Å²) in [6.45, 7) is 5.61. The molecule has 2 aromatic rings. The summed E-state index contributed by atoms with van der Waals surface area (Å²) in [5.41, 5.74) is 6.22. The number of imide groups is 1. The number of carbonyl (C=O) groups excluding carboxylic acids is 4. The minimum absolute atomic E-state index is 0.0974. The second-order valence-corrected chi connectivity index (χ2v) is 9.67. The first-order chi connectivity index (χ1) is 16.5. The average molecular weight is 484 g/mol. The molecular formula is C24H29N5O6. The molecule has 0 unspecified atom stereocenters. The zero-order chi connectivity index (χ0) is 25.7. The van der Waals surface area contributed by atoms with Crippen molar-refractivity contribution in [3.63, 3.8) is 0 Å². The molecule has 11 heteroatoms. The number of nitrogens with zero attached hydrogens (tertiary/aromatic N) is 2. The lowest BCUT2D eigenvalue weighted by atomic mass is 9.86. The maximum Gasteiger partial charge on any atom is 0.328 e. The molecule has 0 saturated carbocycles. The summed E-state index contributed by atoms with van der Waals surface area (Å²) in [5, 5.41) is 12.7. The number of carbonyl (C=O) groups is 5. The number of benzene rings is 1. The van der Waals surface area contributed by atoms with E-state index in [4.69, 9.17) is 5.73 Å². The highest BCUT2D eigenvalue weighted by atomic mass is 16.4. The highest BCUT2D eigenvalue weighted by Gasteiger charge is 2.60. The van der Waals surface area contributed by atoms with Crippen LogP contribution in [0.15, 0.2) is 24.3 Å². The number of nitrogens with two attached hydrogens (primary N) is 1. The molecule has 1 aromatic carbocycles. The molecule has 2 aliphatic rings. The first-order valence-electron chi connectivity index (χ1n) is 11.5. The lowest BCUT2D eigenvalue weighted by Gasteiger charge is -2.36. The van der Waals surface area contributed by atoms with Gasteiger partial charge in [-0.15, -0.1) is 0 Å². The molecule has 0 bridgehead atoms. The fraction of sp³-hybridized carbons (Fsp3) is 0.458. The van der Waals surface area contributed by atoms with Gasteiger partial charge in [-0.05, 0) is 37.3 Å². The molecule has 3 atom stereocenters. The third-order valence-corrected chi connectivity index (χ3v) is 6.83. The van der Waals surface area contributed by atoms with E-state index in [1.165, 1.54) is 4.90 Å². The quantitative estimate of drug-likeness (QED) is 0.410. The number of aliphatic carboxylic acids is 1. The third-order valence-electron chi connectivity index (χ3n) is 6.83. The summed E-state index contributed by atoms with van der Waals surface area (Å²) < 4.78 is 0. The third kappa shape index (κ3) is 3.90. The van der Waals surface area contributed by atoms with Gasteiger partial charge in [-0.3, -0.25) is 14.4 Å². The predicted molar refractivity (Wildman–Crippen MR) is 125 cm³/mol. The van der Waals surface area contributed by atoms with Crippen LogP contribution < -0.4 is 11.1 Å². The lowest BCUT2D eigenvalue weighted by Crippen LogP contribution is -2.55. The first-order valence-corrected chi connectivity index (χ1v) is 11.5. The molecule has 186 valence electrons. The molecule has 0 spiro atoms. The van der Waals surface area contributed by atoms with Crippen molar-refractivity contribution in [1.82, 2.24) is 20.1 Å². The van der Waals surface area contributed by atoms with E-state index in [1.54, 1.807) is 6.92 Å². The number of H-pyrrole nitrogens is 1. The van der Waals surface area contributed by atoms with Crippen molar-refractivity contribution in [2.75, 3.05) is 6.54 Å². The van der Waals surface area contributed by atoms with Gasteiger partial charge >= 0.3 is 12.0 Å². The van der Waals surface area contributed by atoms with Gasteiger partial charge in [-0.2, -0.15) is 0 Å². The van der Waals surface area contributed by atoms with Crippen LogP contribution in [0.3, 0.4) is 0 Å². The van der Waals surface area contributed by atoms with E-state index >= 15 is 0 Å². The minimum Gasteiger partial charge on any atom is -0.480 e. The summed E-state index contributed by atoms with van der Waals surface area (Å²) in [6.07, 6.45) is 0.0534. The Labute approximate surface area is 201 Å². The Hall–Kier alpha value is -3.89. The highest BCUT2D eigenvalue weighted by molar-refractivity contribution is 6.11. The van der Waals surface area contributed by atoms with E-state index in [2.05, 4.69) is 10.3 Å². The number of rotatable bonds is 8. The molecule has 5 amide bonds. The number of hydrogen-bond acceptors (Lipinski definition) is 5. The topological polar surface area (TPSA) is 166 Å². The van der Waals surface area contributed by atoms with Gasteiger partial charge in [0.2, 0.25) is 11.8 Å². The van der Waals surface area contributed by atoms with Crippen LogP contribution in [0, 0.1) is 5.92 Å². The zero-order valence-corrected chi connectivity index (χ0v) is 19.8. The minimum atomic E-state index is -1.57. The number of aromatic amines is 1. The molecule has 11 nitrogen and oxygen atoms in total. The van der Waals surface area contributed by atoms with Crippen LogP contribution in [0.2, 0.25) is 0 Å². The Bertz CT molecular complexity index is 1240. The van der Waals surface area contributed by atoms with Crippen molar-refractivity contribution in [3.8, 4) is 0 Å². The van der Waals surface area contributed by atoms with Crippen molar-refractivity contribution < 1.29 is 29.1 Å². The van der Waals surface area contributed by atoms with Crippen molar-refractivity contribution >= 4 is 40.6 Å². The number of para-hydroxylation sites is 1. The number of amides is 5. The van der Waals surface area contributed by atoms with E-state index in [0.717, 1.165) is 21.4 Å². The predicted octanol–water partition coefficient (Wildman–Crippen LogP) is 1.06. The Balaban J connectivity index is 1.72. The van der Waals surface area contributed by atoms with E-state index in [-0.39, 0.29) is 12.3 Å². The summed E-state index contributed by atoms with van der Waals surface area (Å²) in [5.74, 6) is -3.82. The van der Waals surface area contributed by atoms with Gasteiger partial charge in [0.25, 0.3) is 5.91 Å². The van der Waals surface area contributed by atoms with E-state index < -0.39 is 53.8 Å². The SMILES string of the molecule is CC(C)C[C@H](C(=O)N[C@@H](CC(N)=O)C(=O)O)N1C(=O)N2CCc3c([nH]c4ccccc34)[C@@]2(C)C1=O. The number of aromatic nitrogens is 1. The van der Waals surface area contributed by atoms with Crippen LogP contribution in [0.25, 0.3) is 10.9 Å². The van der Waals surface area contributed by atoms with Gasteiger partial charge in [-0.1, -0.05) is 32.0 Å². The summed E-state index contributed by atoms with van der Waals surface area (Å²) in [7, 11) is 0. The van der Waals surface area contributed by atoms with Crippen molar-refractivity contribution in [2.24, 2.45) is 11.7 Å². The fourth-order valence-corrected chi connectivity index (χ4v) is 5.14. The summed E-state index contributed by atoms with van der Waals surface area (Å²) in [4.78, 5) is 69.3. The number of carboxylic acids is 1. The van der Waals surface area contributed by atoms with Crippen molar-refractivity contribution in [2.45, 2.75) is 57.7 Å². The standard InChI is InChI=1S/C24H29N5O6/c1-12(2)10-17(20(31)27-16(21(32)33)11-18(25)30)29-22(34)24(3)19-14(8-9-28(24)23(29)35)13-6-4-5-7-15(13)26-19/h4-7,12,16-17,26H,8-11H2,1-3H3,(H2,25,30)(H,27,31)(H,32,33)/t16-,17+,24-/m0/s1. The van der Waals surface area contributed by atoms with E-state index in [0.29, 0.717) is 18.7 Å². The largest absolute Gasteiger partial charge is 0.480 e. The maximum atomic E-state index is 13.9. The van der Waals surface area contributed by atoms with Gasteiger partial charge in [0.1, 0.15) is 12.1 Å². The van der Waals surface area contributed by atoms with Crippen LogP contribution in [-0.2, 0) is 31.1 Å². The van der Waals surface area contributed by atoms with Crippen LogP contribution in [-0.4, -0.2) is 68.2 Å². The van der Waals surface area contributed by atoms with Gasteiger partial charge in [0.15, 0.2) is 5.54 Å².